The Kier molecular flexibility index (Phi) is 6.31. The molecule has 0 spiro atoms. The average Bonchev–Trinajstić information content (AvgIpc) is 3.25. The fraction of sp³-hybridized carbons (Fsp3) is 0.176. The highest BCUT2D eigenvalue weighted by atomic mass is 79.9. The van der Waals surface area contributed by atoms with Crippen molar-refractivity contribution in [2.24, 2.45) is 17.8 Å². The first-order valence-corrected chi connectivity index (χ1v) is 14.6. The summed E-state index contributed by atoms with van der Waals surface area (Å²) in [6.07, 6.45) is 3.73. The summed E-state index contributed by atoms with van der Waals surface area (Å²) in [5.41, 5.74) is 4.20. The first kappa shape index (κ1) is 26.3. The van der Waals surface area contributed by atoms with Gasteiger partial charge in [0.25, 0.3) is 0 Å². The molecular weight excluding hydrogens is 596 g/mol. The van der Waals surface area contributed by atoms with E-state index in [2.05, 4.69) is 21.2 Å². The molecule has 3 aromatic rings. The number of amides is 2. The molecule has 0 radical (unpaired) electrons. The molecule has 3 aromatic carbocycles. The van der Waals surface area contributed by atoms with Gasteiger partial charge in [-0.25, -0.2) is 0 Å². The number of allylic oxidation sites excluding steroid dienone is 6. The molecule has 4 aliphatic rings. The molecule has 1 aliphatic heterocycles. The maximum absolute atomic E-state index is 14.1. The number of halogens is 1. The first-order valence-electron chi connectivity index (χ1n) is 13.8. The van der Waals surface area contributed by atoms with E-state index in [9.17, 15) is 24.3 Å². The number of hydrogen-bond acceptors (Lipinski definition) is 6. The third-order valence-corrected chi connectivity index (χ3v) is 9.36. The van der Waals surface area contributed by atoms with Gasteiger partial charge in [0.05, 0.1) is 22.0 Å². The molecule has 0 unspecified atom stereocenters. The molecule has 1 saturated heterocycles. The number of fused-ring (bicyclic) bond motifs is 3. The summed E-state index contributed by atoms with van der Waals surface area (Å²) in [6.45, 7) is 0. The number of nitrogens with zero attached hydrogens (tertiary/aromatic N) is 1. The normalized spacial score (nSPS) is 25.0. The van der Waals surface area contributed by atoms with Gasteiger partial charge in [-0.15, -0.1) is 0 Å². The van der Waals surface area contributed by atoms with E-state index in [-0.39, 0.29) is 40.0 Å². The number of benzene rings is 3. The third kappa shape index (κ3) is 4.09. The number of phenols is 1. The number of phenolic OH excluding ortho intramolecular Hbond substituents is 1. The molecule has 2 amide bonds. The summed E-state index contributed by atoms with van der Waals surface area (Å²) in [5.74, 6) is -3.59. The Morgan fingerprint density at radius 3 is 2.24 bits per heavy atom. The zero-order valence-electron chi connectivity index (χ0n) is 22.3. The van der Waals surface area contributed by atoms with Crippen LogP contribution in [0.15, 0.2) is 112 Å². The first-order chi connectivity index (χ1) is 20.3. The van der Waals surface area contributed by atoms with Gasteiger partial charge in [0, 0.05) is 40.1 Å². The molecule has 4 atom stereocenters. The quantitative estimate of drug-likeness (QED) is 0.207. The maximum atomic E-state index is 14.1. The molecule has 7 nitrogen and oxygen atoms in total. The number of carbonyl (C=O) groups excluding carboxylic acids is 4. The van der Waals surface area contributed by atoms with Gasteiger partial charge in [0.15, 0.2) is 11.6 Å². The van der Waals surface area contributed by atoms with Gasteiger partial charge in [0.1, 0.15) is 5.75 Å². The Morgan fingerprint density at radius 2 is 1.50 bits per heavy atom. The van der Waals surface area contributed by atoms with E-state index in [0.29, 0.717) is 28.8 Å². The van der Waals surface area contributed by atoms with Crippen molar-refractivity contribution in [1.29, 1.82) is 0 Å². The Labute approximate surface area is 250 Å². The fourth-order valence-corrected chi connectivity index (χ4v) is 7.38. The van der Waals surface area contributed by atoms with E-state index in [0.717, 1.165) is 16.9 Å². The number of aromatic hydroxyl groups is 1. The van der Waals surface area contributed by atoms with Gasteiger partial charge in [-0.1, -0.05) is 48.0 Å². The van der Waals surface area contributed by atoms with Crippen molar-refractivity contribution in [2.45, 2.75) is 18.8 Å². The highest BCUT2D eigenvalue weighted by Crippen LogP contribution is 2.56. The lowest BCUT2D eigenvalue weighted by molar-refractivity contribution is -0.123. The summed E-state index contributed by atoms with van der Waals surface area (Å²) in [6, 6.07) is 23.6. The van der Waals surface area contributed by atoms with E-state index < -0.39 is 23.7 Å². The van der Waals surface area contributed by atoms with Gasteiger partial charge in [-0.2, -0.15) is 0 Å². The van der Waals surface area contributed by atoms with Crippen LogP contribution in [0.1, 0.15) is 24.3 Å². The molecule has 2 N–H and O–H groups in total. The number of hydrogen-bond donors (Lipinski definition) is 2. The Hall–Kier alpha value is -4.56. The third-order valence-electron chi connectivity index (χ3n) is 8.77. The summed E-state index contributed by atoms with van der Waals surface area (Å²) in [4.78, 5) is 55.8. The zero-order chi connectivity index (χ0) is 29.1. The van der Waals surface area contributed by atoms with Crippen LogP contribution in [-0.4, -0.2) is 28.5 Å². The summed E-state index contributed by atoms with van der Waals surface area (Å²) >= 11 is 3.24. The molecule has 208 valence electrons. The molecule has 0 saturated carbocycles. The molecule has 1 fully saturated rings. The lowest BCUT2D eigenvalue weighted by Gasteiger charge is -2.42. The van der Waals surface area contributed by atoms with Gasteiger partial charge in [-0.3, -0.25) is 24.1 Å². The van der Waals surface area contributed by atoms with E-state index in [1.54, 1.807) is 36.4 Å². The maximum Gasteiger partial charge on any atom is 0.238 e. The van der Waals surface area contributed by atoms with Crippen molar-refractivity contribution in [1.82, 2.24) is 0 Å². The second-order valence-corrected chi connectivity index (χ2v) is 11.9. The van der Waals surface area contributed by atoms with E-state index >= 15 is 0 Å². The van der Waals surface area contributed by atoms with E-state index in [1.807, 2.05) is 48.5 Å². The number of anilines is 3. The number of nitrogens with one attached hydrogen (secondary N) is 1. The van der Waals surface area contributed by atoms with Crippen LogP contribution in [0.2, 0.25) is 0 Å². The second-order valence-electron chi connectivity index (χ2n) is 11.0. The second kappa shape index (κ2) is 10.1. The van der Waals surface area contributed by atoms with Crippen LogP contribution in [0.4, 0.5) is 17.1 Å². The fourth-order valence-electron chi connectivity index (χ4n) is 6.93. The van der Waals surface area contributed by atoms with Crippen LogP contribution in [0.25, 0.3) is 0 Å². The molecule has 0 aromatic heterocycles. The van der Waals surface area contributed by atoms with Gasteiger partial charge >= 0.3 is 0 Å². The lowest BCUT2D eigenvalue weighted by Crippen LogP contribution is -2.39. The van der Waals surface area contributed by atoms with Crippen molar-refractivity contribution in [2.75, 3.05) is 10.2 Å². The van der Waals surface area contributed by atoms with Crippen LogP contribution >= 0.6 is 15.9 Å². The Morgan fingerprint density at radius 1 is 0.810 bits per heavy atom. The van der Waals surface area contributed by atoms with Crippen LogP contribution in [-0.2, 0) is 19.2 Å². The van der Waals surface area contributed by atoms with Gasteiger partial charge in [-0.05, 0) is 77.2 Å². The van der Waals surface area contributed by atoms with Gasteiger partial charge < -0.3 is 10.4 Å². The molecule has 7 rings (SSSR count). The number of para-hydroxylation sites is 2. The van der Waals surface area contributed by atoms with Crippen molar-refractivity contribution in [3.8, 4) is 5.75 Å². The minimum Gasteiger partial charge on any atom is -0.508 e. The van der Waals surface area contributed by atoms with Crippen molar-refractivity contribution >= 4 is 56.4 Å². The average molecular weight is 621 g/mol. The SMILES string of the molecule is O=C1C=C(Br)C(=O)C2=C1[C@@H](c1ccccc1O)C1=CC[C@@H]3C(=O)N(c4ccc(Nc5ccccc5)cc4)C(=O)[C@@H]3[C@@H]1C2. The highest BCUT2D eigenvalue weighted by Gasteiger charge is 2.56. The number of carbonyl (C=O) groups is 4. The van der Waals surface area contributed by atoms with Crippen LogP contribution in [0, 0.1) is 17.8 Å². The topological polar surface area (TPSA) is 104 Å². The minimum absolute atomic E-state index is 0.00606. The Balaban J connectivity index is 1.25. The predicted octanol–water partition coefficient (Wildman–Crippen LogP) is 6.10. The standard InChI is InChI=1S/C34H25BrN2O5/c35-26-17-28(39)31-25(32(26)40)16-24-21(29(31)22-8-4-5-9-27(22)38)14-15-23-30(24)34(42)37(33(23)41)20-12-10-19(11-13-20)36-18-6-2-1-3-7-18/h1-14,17,23-24,29-30,36,38H,15-16H2/t23-,24+,29+,30-/m0/s1. The monoisotopic (exact) mass is 620 g/mol. The smallest absolute Gasteiger partial charge is 0.238 e. The summed E-state index contributed by atoms with van der Waals surface area (Å²) in [5, 5.41) is 14.1. The Bertz CT molecular complexity index is 1770. The number of ketones is 2. The summed E-state index contributed by atoms with van der Waals surface area (Å²) < 4.78 is 0.168. The lowest BCUT2D eigenvalue weighted by atomic mass is 9.59. The molecule has 3 aliphatic carbocycles. The predicted molar refractivity (Wildman–Crippen MR) is 161 cm³/mol. The van der Waals surface area contributed by atoms with Crippen LogP contribution in [0.3, 0.4) is 0 Å². The van der Waals surface area contributed by atoms with Crippen molar-refractivity contribution in [3.63, 3.8) is 0 Å². The van der Waals surface area contributed by atoms with Gasteiger partial charge in [0.2, 0.25) is 11.8 Å². The highest BCUT2D eigenvalue weighted by molar-refractivity contribution is 9.12. The zero-order valence-corrected chi connectivity index (χ0v) is 23.9. The van der Waals surface area contributed by atoms with Crippen molar-refractivity contribution < 1.29 is 24.3 Å². The number of Topliss-reactive ketones (excluding diaryl/α,β-unsaturated/α-hetero) is 1. The van der Waals surface area contributed by atoms with Crippen LogP contribution in [0.5, 0.6) is 5.75 Å². The van der Waals surface area contributed by atoms with E-state index in [1.165, 1.54) is 11.0 Å². The summed E-state index contributed by atoms with van der Waals surface area (Å²) in [7, 11) is 0. The minimum atomic E-state index is -0.686. The van der Waals surface area contributed by atoms with Crippen LogP contribution < -0.4 is 10.2 Å². The number of rotatable bonds is 4. The molecule has 42 heavy (non-hydrogen) atoms. The molecular formula is C34H25BrN2O5. The van der Waals surface area contributed by atoms with Crippen molar-refractivity contribution in [3.05, 3.63) is 118 Å². The molecule has 1 heterocycles. The largest absolute Gasteiger partial charge is 0.508 e. The number of imide groups is 1. The molecule has 8 heteroatoms. The van der Waals surface area contributed by atoms with E-state index in [4.69, 9.17) is 0 Å². The molecule has 0 bridgehead atoms.